The predicted molar refractivity (Wildman–Crippen MR) is 103 cm³/mol. The van der Waals surface area contributed by atoms with Crippen LogP contribution in [0.5, 0.6) is 0 Å². The monoisotopic (exact) mass is 375 g/mol. The molecule has 0 aromatic heterocycles. The van der Waals surface area contributed by atoms with Gasteiger partial charge in [-0.05, 0) is 25.0 Å². The fraction of sp³-hybridized carbons (Fsp3) is 0.350. The van der Waals surface area contributed by atoms with Crippen LogP contribution in [-0.2, 0) is 25.0 Å². The Bertz CT molecular complexity index is 711. The van der Waals surface area contributed by atoms with Crippen molar-refractivity contribution in [1.82, 2.24) is 5.32 Å². The van der Waals surface area contributed by atoms with Crippen molar-refractivity contribution < 1.29 is 18.4 Å². The molecule has 2 rings (SSSR count). The molecule has 1 atom stereocenters. The van der Waals surface area contributed by atoms with Crippen molar-refractivity contribution in [2.45, 2.75) is 32.5 Å². The number of nitrogens with one attached hydrogen (secondary N) is 1. The Morgan fingerprint density at radius 1 is 0.962 bits per heavy atom. The first-order valence-corrected chi connectivity index (χ1v) is 10.4. The highest BCUT2D eigenvalue weighted by Gasteiger charge is 2.38. The maximum absolute atomic E-state index is 13.3. The molecule has 1 amide bonds. The third-order valence-corrected chi connectivity index (χ3v) is 6.38. The van der Waals surface area contributed by atoms with Gasteiger partial charge in [-0.1, -0.05) is 60.7 Å². The molecule has 2 aromatic rings. The molecule has 2 aromatic carbocycles. The Morgan fingerprint density at radius 3 is 2.04 bits per heavy atom. The van der Waals surface area contributed by atoms with Crippen molar-refractivity contribution in [3.63, 3.8) is 0 Å². The lowest BCUT2D eigenvalue weighted by atomic mass is 10.1. The van der Waals surface area contributed by atoms with E-state index in [1.54, 1.807) is 13.8 Å². The summed E-state index contributed by atoms with van der Waals surface area (Å²) in [5.74, 6) is -0.192. The van der Waals surface area contributed by atoms with E-state index >= 15 is 0 Å². The van der Waals surface area contributed by atoms with Crippen LogP contribution in [0.3, 0.4) is 0 Å². The maximum Gasteiger partial charge on any atom is 0.338 e. The fourth-order valence-corrected chi connectivity index (χ4v) is 4.79. The van der Waals surface area contributed by atoms with Gasteiger partial charge >= 0.3 is 7.60 Å². The second-order valence-electron chi connectivity index (χ2n) is 5.77. The Labute approximate surface area is 155 Å². The Balaban J connectivity index is 2.15. The number of hydrogen-bond acceptors (Lipinski definition) is 4. The van der Waals surface area contributed by atoms with Crippen molar-refractivity contribution in [3.8, 4) is 0 Å². The average Bonchev–Trinajstić information content (AvgIpc) is 2.66. The summed E-state index contributed by atoms with van der Waals surface area (Å²) in [4.78, 5) is 12.5. The minimum atomic E-state index is -3.46. The molecule has 0 heterocycles. The van der Waals surface area contributed by atoms with Gasteiger partial charge in [0.05, 0.1) is 18.9 Å². The van der Waals surface area contributed by atoms with Crippen LogP contribution >= 0.6 is 7.60 Å². The molecule has 0 saturated carbocycles. The summed E-state index contributed by atoms with van der Waals surface area (Å²) in [5.41, 5.74) is 1.14. The van der Waals surface area contributed by atoms with Crippen LogP contribution in [0.1, 0.15) is 37.1 Å². The summed E-state index contributed by atoms with van der Waals surface area (Å²) in [6, 6.07) is 18.9. The van der Waals surface area contributed by atoms with Crippen LogP contribution in [0, 0.1) is 0 Å². The van der Waals surface area contributed by atoms with Gasteiger partial charge in [-0.25, -0.2) is 0 Å². The second-order valence-corrected chi connectivity index (χ2v) is 7.99. The SMILES string of the molecule is CCOP(=O)(OCC)[C@@H](CC(=O)NCc1ccccc1)c1ccccc1. The fourth-order valence-electron chi connectivity index (χ4n) is 2.71. The Kier molecular flexibility index (Phi) is 8.05. The zero-order valence-corrected chi connectivity index (χ0v) is 16.2. The molecular weight excluding hydrogens is 349 g/mol. The first kappa shape index (κ1) is 20.4. The topological polar surface area (TPSA) is 64.6 Å². The standard InChI is InChI=1S/C20H26NO4P/c1-3-24-26(23,25-4-2)19(18-13-9-6-10-14-18)15-20(22)21-16-17-11-7-5-8-12-17/h5-14,19H,3-4,15-16H2,1-2H3,(H,21,22)/t19-/m0/s1. The van der Waals surface area contributed by atoms with E-state index in [1.165, 1.54) is 0 Å². The predicted octanol–water partition coefficient (Wildman–Crippen LogP) is 4.70. The molecule has 140 valence electrons. The van der Waals surface area contributed by atoms with Crippen LogP contribution in [-0.4, -0.2) is 19.1 Å². The van der Waals surface area contributed by atoms with E-state index in [0.717, 1.165) is 11.1 Å². The molecule has 1 N–H and O–H groups in total. The van der Waals surface area contributed by atoms with Gasteiger partial charge in [0, 0.05) is 13.0 Å². The zero-order valence-electron chi connectivity index (χ0n) is 15.3. The third kappa shape index (κ3) is 5.80. The average molecular weight is 375 g/mol. The molecular formula is C20H26NO4P. The van der Waals surface area contributed by atoms with Gasteiger partial charge in [0.25, 0.3) is 0 Å². The highest BCUT2D eigenvalue weighted by atomic mass is 31.2. The van der Waals surface area contributed by atoms with Gasteiger partial charge in [0.2, 0.25) is 5.91 Å². The number of benzene rings is 2. The lowest BCUT2D eigenvalue weighted by Crippen LogP contribution is -2.25. The molecule has 5 nitrogen and oxygen atoms in total. The van der Waals surface area contributed by atoms with Crippen LogP contribution in [0.2, 0.25) is 0 Å². The van der Waals surface area contributed by atoms with Crippen molar-refractivity contribution in [1.29, 1.82) is 0 Å². The highest BCUT2D eigenvalue weighted by Crippen LogP contribution is 2.62. The molecule has 0 radical (unpaired) electrons. The number of amides is 1. The van der Waals surface area contributed by atoms with Crippen LogP contribution in [0.25, 0.3) is 0 Å². The summed E-state index contributed by atoms with van der Waals surface area (Å²) in [6.07, 6.45) is 0.0358. The van der Waals surface area contributed by atoms with E-state index in [9.17, 15) is 9.36 Å². The van der Waals surface area contributed by atoms with Gasteiger partial charge < -0.3 is 14.4 Å². The van der Waals surface area contributed by atoms with Crippen molar-refractivity contribution in [2.24, 2.45) is 0 Å². The van der Waals surface area contributed by atoms with Crippen LogP contribution in [0.15, 0.2) is 60.7 Å². The van der Waals surface area contributed by atoms with Gasteiger partial charge in [0.1, 0.15) is 0 Å². The summed E-state index contributed by atoms with van der Waals surface area (Å²) in [5, 5.41) is 2.88. The molecule has 0 spiro atoms. The Hall–Kier alpha value is -1.94. The molecule has 0 unspecified atom stereocenters. The normalized spacial score (nSPS) is 12.5. The van der Waals surface area contributed by atoms with E-state index < -0.39 is 13.3 Å². The summed E-state index contributed by atoms with van der Waals surface area (Å²) < 4.78 is 24.3. The molecule has 26 heavy (non-hydrogen) atoms. The minimum Gasteiger partial charge on any atom is -0.352 e. The number of carbonyl (C=O) groups excluding carboxylic acids is 1. The number of carbonyl (C=O) groups is 1. The van der Waals surface area contributed by atoms with Crippen LogP contribution < -0.4 is 5.32 Å². The van der Waals surface area contributed by atoms with Crippen LogP contribution in [0.4, 0.5) is 0 Å². The van der Waals surface area contributed by atoms with Gasteiger partial charge in [-0.2, -0.15) is 0 Å². The summed E-state index contributed by atoms with van der Waals surface area (Å²) >= 11 is 0. The smallest absolute Gasteiger partial charge is 0.338 e. The lowest BCUT2D eigenvalue weighted by Gasteiger charge is -2.26. The van der Waals surface area contributed by atoms with E-state index in [-0.39, 0.29) is 25.5 Å². The summed E-state index contributed by atoms with van der Waals surface area (Å²) in [7, 11) is -3.46. The molecule has 0 aliphatic rings. The van der Waals surface area contributed by atoms with Crippen molar-refractivity contribution >= 4 is 13.5 Å². The molecule has 0 aliphatic carbocycles. The first-order chi connectivity index (χ1) is 12.6. The number of hydrogen-bond donors (Lipinski definition) is 1. The second kappa shape index (κ2) is 10.3. The zero-order chi connectivity index (χ0) is 18.8. The van der Waals surface area contributed by atoms with Gasteiger partial charge in [-0.15, -0.1) is 0 Å². The molecule has 0 fully saturated rings. The van der Waals surface area contributed by atoms with E-state index in [2.05, 4.69) is 5.32 Å². The molecule has 0 aliphatic heterocycles. The van der Waals surface area contributed by atoms with Crippen molar-refractivity contribution in [3.05, 3.63) is 71.8 Å². The van der Waals surface area contributed by atoms with Gasteiger partial charge in [-0.3, -0.25) is 9.36 Å². The van der Waals surface area contributed by atoms with Crippen molar-refractivity contribution in [2.75, 3.05) is 13.2 Å². The summed E-state index contributed by atoms with van der Waals surface area (Å²) in [6.45, 7) is 4.47. The molecule has 0 bridgehead atoms. The van der Waals surface area contributed by atoms with E-state index in [4.69, 9.17) is 9.05 Å². The van der Waals surface area contributed by atoms with Gasteiger partial charge in [0.15, 0.2) is 0 Å². The largest absolute Gasteiger partial charge is 0.352 e. The Morgan fingerprint density at radius 2 is 1.50 bits per heavy atom. The molecule has 0 saturated heterocycles. The third-order valence-electron chi connectivity index (χ3n) is 3.90. The highest BCUT2D eigenvalue weighted by molar-refractivity contribution is 7.54. The lowest BCUT2D eigenvalue weighted by molar-refractivity contribution is -0.121. The van der Waals surface area contributed by atoms with E-state index in [0.29, 0.717) is 6.54 Å². The molecule has 6 heteroatoms. The van der Waals surface area contributed by atoms with E-state index in [1.807, 2.05) is 60.7 Å². The maximum atomic E-state index is 13.3. The number of rotatable bonds is 10. The minimum absolute atomic E-state index is 0.0358. The quantitative estimate of drug-likeness (QED) is 0.611. The first-order valence-electron chi connectivity index (χ1n) is 8.83.